The van der Waals surface area contributed by atoms with Crippen molar-refractivity contribution in [3.63, 3.8) is 0 Å². The lowest BCUT2D eigenvalue weighted by Gasteiger charge is -2.09. The van der Waals surface area contributed by atoms with Gasteiger partial charge < -0.3 is 4.79 Å². The summed E-state index contributed by atoms with van der Waals surface area (Å²) in [5.74, 6) is -0.00120. The molecule has 14 heavy (non-hydrogen) atoms. The Morgan fingerprint density at radius 3 is 2.64 bits per heavy atom. The summed E-state index contributed by atoms with van der Waals surface area (Å²) in [7, 11) is 0. The minimum atomic E-state index is -0.00120. The van der Waals surface area contributed by atoms with Crippen LogP contribution in [0.4, 0.5) is 0 Å². The van der Waals surface area contributed by atoms with Crippen LogP contribution < -0.4 is 0 Å². The Hall–Kier alpha value is -0.630. The van der Waals surface area contributed by atoms with Crippen LogP contribution in [0, 0.1) is 0 Å². The van der Waals surface area contributed by atoms with Gasteiger partial charge in [0, 0.05) is 11.2 Å². The van der Waals surface area contributed by atoms with Crippen LogP contribution in [0.1, 0.15) is 36.5 Å². The number of rotatable bonds is 4. The molecule has 0 amide bonds. The van der Waals surface area contributed by atoms with E-state index in [1.807, 2.05) is 13.0 Å². The first-order chi connectivity index (χ1) is 6.72. The Kier molecular flexibility index (Phi) is 4.33. The van der Waals surface area contributed by atoms with Crippen molar-refractivity contribution in [2.45, 2.75) is 31.5 Å². The SMILES string of the molecule is CCc1ccc(C(C)C=O)cc1CBr. The molecule has 1 atom stereocenters. The quantitative estimate of drug-likeness (QED) is 0.595. The first-order valence-corrected chi connectivity index (χ1v) is 5.98. The molecule has 0 bridgehead atoms. The molecule has 0 N–H and O–H groups in total. The standard InChI is InChI=1S/C12H15BrO/c1-3-10-4-5-11(9(2)8-14)6-12(10)7-13/h4-6,8-9H,3,7H2,1-2H3. The fourth-order valence-corrected chi connectivity index (χ4v) is 2.00. The summed E-state index contributed by atoms with van der Waals surface area (Å²) >= 11 is 3.47. The maximum atomic E-state index is 10.6. The molecule has 1 rings (SSSR count). The van der Waals surface area contributed by atoms with Crippen molar-refractivity contribution in [2.75, 3.05) is 0 Å². The number of aldehydes is 1. The van der Waals surface area contributed by atoms with Gasteiger partial charge in [0.15, 0.2) is 0 Å². The highest BCUT2D eigenvalue weighted by Gasteiger charge is 2.06. The Morgan fingerprint density at radius 1 is 1.43 bits per heavy atom. The minimum Gasteiger partial charge on any atom is -0.303 e. The highest BCUT2D eigenvalue weighted by Crippen LogP contribution is 2.20. The maximum absolute atomic E-state index is 10.6. The zero-order chi connectivity index (χ0) is 10.6. The lowest BCUT2D eigenvalue weighted by Crippen LogP contribution is -1.98. The maximum Gasteiger partial charge on any atom is 0.127 e. The third-order valence-corrected chi connectivity index (χ3v) is 3.09. The van der Waals surface area contributed by atoms with E-state index in [0.29, 0.717) is 0 Å². The summed E-state index contributed by atoms with van der Waals surface area (Å²) < 4.78 is 0. The highest BCUT2D eigenvalue weighted by molar-refractivity contribution is 9.08. The van der Waals surface area contributed by atoms with Gasteiger partial charge in [-0.05, 0) is 23.1 Å². The monoisotopic (exact) mass is 254 g/mol. The van der Waals surface area contributed by atoms with Gasteiger partial charge in [-0.15, -0.1) is 0 Å². The normalized spacial score (nSPS) is 12.5. The van der Waals surface area contributed by atoms with Gasteiger partial charge in [0.2, 0.25) is 0 Å². The van der Waals surface area contributed by atoms with E-state index in [2.05, 4.69) is 35.0 Å². The van der Waals surface area contributed by atoms with Crippen molar-refractivity contribution < 1.29 is 4.79 Å². The van der Waals surface area contributed by atoms with Crippen LogP contribution in [0.25, 0.3) is 0 Å². The van der Waals surface area contributed by atoms with E-state index >= 15 is 0 Å². The molecule has 76 valence electrons. The second-order valence-electron chi connectivity index (χ2n) is 3.44. The third kappa shape index (κ3) is 2.44. The number of benzene rings is 1. The Balaban J connectivity index is 3.06. The van der Waals surface area contributed by atoms with E-state index in [1.54, 1.807) is 0 Å². The number of carbonyl (C=O) groups is 1. The summed E-state index contributed by atoms with van der Waals surface area (Å²) in [5.41, 5.74) is 3.74. The van der Waals surface area contributed by atoms with Crippen LogP contribution >= 0.6 is 15.9 Å². The van der Waals surface area contributed by atoms with Crippen LogP contribution in [0.5, 0.6) is 0 Å². The van der Waals surface area contributed by atoms with Crippen molar-refractivity contribution in [2.24, 2.45) is 0 Å². The van der Waals surface area contributed by atoms with Gasteiger partial charge >= 0.3 is 0 Å². The van der Waals surface area contributed by atoms with E-state index in [9.17, 15) is 4.79 Å². The van der Waals surface area contributed by atoms with Gasteiger partial charge in [0.25, 0.3) is 0 Å². The smallest absolute Gasteiger partial charge is 0.127 e. The molecule has 0 aliphatic carbocycles. The zero-order valence-electron chi connectivity index (χ0n) is 8.59. The van der Waals surface area contributed by atoms with Crippen molar-refractivity contribution in [1.29, 1.82) is 0 Å². The molecule has 0 radical (unpaired) electrons. The van der Waals surface area contributed by atoms with Crippen LogP contribution in [-0.2, 0) is 16.5 Å². The number of carbonyl (C=O) groups excluding carboxylic acids is 1. The predicted molar refractivity (Wildman–Crippen MR) is 62.9 cm³/mol. The molecule has 0 heterocycles. The second kappa shape index (κ2) is 5.30. The van der Waals surface area contributed by atoms with Crippen molar-refractivity contribution in [1.82, 2.24) is 0 Å². The molecule has 0 aliphatic heterocycles. The lowest BCUT2D eigenvalue weighted by atomic mass is 9.97. The summed E-state index contributed by atoms with van der Waals surface area (Å²) in [5, 5.41) is 0.857. The largest absolute Gasteiger partial charge is 0.303 e. The van der Waals surface area contributed by atoms with E-state index in [-0.39, 0.29) is 5.92 Å². The van der Waals surface area contributed by atoms with Crippen molar-refractivity contribution in [3.8, 4) is 0 Å². The van der Waals surface area contributed by atoms with E-state index in [0.717, 1.165) is 23.6 Å². The average molecular weight is 255 g/mol. The molecular weight excluding hydrogens is 240 g/mol. The molecule has 0 saturated heterocycles. The van der Waals surface area contributed by atoms with E-state index in [1.165, 1.54) is 11.1 Å². The first kappa shape index (κ1) is 11.4. The van der Waals surface area contributed by atoms with Gasteiger partial charge in [0.1, 0.15) is 6.29 Å². The summed E-state index contributed by atoms with van der Waals surface area (Å²) in [6.07, 6.45) is 2.02. The number of aryl methyl sites for hydroxylation is 1. The highest BCUT2D eigenvalue weighted by atomic mass is 79.9. The summed E-state index contributed by atoms with van der Waals surface area (Å²) in [6.45, 7) is 4.07. The first-order valence-electron chi connectivity index (χ1n) is 4.85. The van der Waals surface area contributed by atoms with E-state index < -0.39 is 0 Å². The van der Waals surface area contributed by atoms with Crippen LogP contribution in [-0.4, -0.2) is 6.29 Å². The Morgan fingerprint density at radius 2 is 2.14 bits per heavy atom. The van der Waals surface area contributed by atoms with Gasteiger partial charge in [-0.1, -0.05) is 48.0 Å². The molecule has 1 aromatic carbocycles. The molecule has 1 unspecified atom stereocenters. The summed E-state index contributed by atoms with van der Waals surface area (Å²) in [4.78, 5) is 10.6. The molecule has 0 saturated carbocycles. The van der Waals surface area contributed by atoms with Crippen molar-refractivity contribution >= 4 is 22.2 Å². The lowest BCUT2D eigenvalue weighted by molar-refractivity contribution is -0.108. The number of hydrogen-bond acceptors (Lipinski definition) is 1. The van der Waals surface area contributed by atoms with Gasteiger partial charge in [-0.2, -0.15) is 0 Å². The van der Waals surface area contributed by atoms with Crippen LogP contribution in [0.15, 0.2) is 18.2 Å². The molecular formula is C12H15BrO. The molecule has 1 nitrogen and oxygen atoms in total. The summed E-state index contributed by atoms with van der Waals surface area (Å²) in [6, 6.07) is 6.28. The average Bonchev–Trinajstić information content (AvgIpc) is 2.26. The van der Waals surface area contributed by atoms with E-state index in [4.69, 9.17) is 0 Å². The topological polar surface area (TPSA) is 17.1 Å². The van der Waals surface area contributed by atoms with Crippen molar-refractivity contribution in [3.05, 3.63) is 34.9 Å². The van der Waals surface area contributed by atoms with Crippen LogP contribution in [0.3, 0.4) is 0 Å². The molecule has 2 heteroatoms. The fraction of sp³-hybridized carbons (Fsp3) is 0.417. The molecule has 1 aromatic rings. The Bertz CT molecular complexity index is 320. The third-order valence-electron chi connectivity index (χ3n) is 2.49. The second-order valence-corrected chi connectivity index (χ2v) is 4.00. The van der Waals surface area contributed by atoms with Gasteiger partial charge in [-0.25, -0.2) is 0 Å². The molecule has 0 fully saturated rings. The van der Waals surface area contributed by atoms with Crippen LogP contribution in [0.2, 0.25) is 0 Å². The zero-order valence-corrected chi connectivity index (χ0v) is 10.2. The minimum absolute atomic E-state index is 0.00120. The fourth-order valence-electron chi connectivity index (χ4n) is 1.48. The number of alkyl halides is 1. The molecule has 0 aromatic heterocycles. The predicted octanol–water partition coefficient (Wildman–Crippen LogP) is 3.45. The molecule has 0 aliphatic rings. The Labute approximate surface area is 93.7 Å². The molecule has 0 spiro atoms. The van der Waals surface area contributed by atoms with Gasteiger partial charge in [-0.3, -0.25) is 0 Å². The van der Waals surface area contributed by atoms with Gasteiger partial charge in [0.05, 0.1) is 0 Å². The number of hydrogen-bond donors (Lipinski definition) is 0. The number of halogens is 1.